The molecule has 450 valence electrons. The third-order valence-electron chi connectivity index (χ3n) is 16.0. The van der Waals surface area contributed by atoms with Gasteiger partial charge < -0.3 is 14.2 Å². The van der Waals surface area contributed by atoms with Gasteiger partial charge in [-0.2, -0.15) is 0 Å². The molecule has 0 aromatic heterocycles. The monoisotopic (exact) mass is 1070 g/mol. The van der Waals surface area contributed by atoms with E-state index in [1.54, 1.807) is 0 Å². The highest BCUT2D eigenvalue weighted by Gasteiger charge is 2.19. The zero-order valence-corrected chi connectivity index (χ0v) is 51.8. The van der Waals surface area contributed by atoms with Crippen molar-refractivity contribution < 1.29 is 28.6 Å². The van der Waals surface area contributed by atoms with E-state index in [2.05, 4.69) is 32.9 Å². The zero-order chi connectivity index (χ0) is 55.0. The van der Waals surface area contributed by atoms with Gasteiger partial charge in [-0.15, -0.1) is 0 Å². The molecule has 0 heterocycles. The summed E-state index contributed by atoms with van der Waals surface area (Å²) in [6.07, 6.45) is 78.4. The van der Waals surface area contributed by atoms with Crippen LogP contribution in [0.3, 0.4) is 0 Å². The predicted octanol–water partition coefficient (Wildman–Crippen LogP) is 23.6. The van der Waals surface area contributed by atoms with Gasteiger partial charge in [0.2, 0.25) is 0 Å². The van der Waals surface area contributed by atoms with Gasteiger partial charge in [0.05, 0.1) is 0 Å². The maximum Gasteiger partial charge on any atom is 0.306 e. The Balaban J connectivity index is 4.00. The number of allylic oxidation sites excluding steroid dienone is 2. The van der Waals surface area contributed by atoms with Crippen LogP contribution in [-0.4, -0.2) is 37.2 Å². The van der Waals surface area contributed by atoms with Crippen molar-refractivity contribution in [2.24, 2.45) is 0 Å². The van der Waals surface area contributed by atoms with Crippen molar-refractivity contribution in [3.63, 3.8) is 0 Å². The number of hydrogen-bond acceptors (Lipinski definition) is 6. The van der Waals surface area contributed by atoms with E-state index < -0.39 is 6.10 Å². The van der Waals surface area contributed by atoms with Crippen LogP contribution in [-0.2, 0) is 28.6 Å². The van der Waals surface area contributed by atoms with Crippen LogP contribution >= 0.6 is 0 Å². The predicted molar refractivity (Wildman–Crippen MR) is 330 cm³/mol. The molecule has 0 saturated heterocycles. The summed E-state index contributed by atoms with van der Waals surface area (Å²) >= 11 is 0. The molecule has 0 aliphatic carbocycles. The Hall–Kier alpha value is -1.85. The minimum Gasteiger partial charge on any atom is -0.462 e. The topological polar surface area (TPSA) is 78.9 Å². The van der Waals surface area contributed by atoms with Crippen molar-refractivity contribution in [2.75, 3.05) is 13.2 Å². The van der Waals surface area contributed by atoms with Crippen LogP contribution in [0.25, 0.3) is 0 Å². The normalized spacial score (nSPS) is 12.0. The third-order valence-corrected chi connectivity index (χ3v) is 16.0. The lowest BCUT2D eigenvalue weighted by atomic mass is 10.0. The van der Waals surface area contributed by atoms with E-state index in [4.69, 9.17) is 14.2 Å². The van der Waals surface area contributed by atoms with Gasteiger partial charge in [0.25, 0.3) is 0 Å². The Morgan fingerprint density at radius 3 is 0.671 bits per heavy atom. The van der Waals surface area contributed by atoms with Gasteiger partial charge in [-0.1, -0.05) is 348 Å². The van der Waals surface area contributed by atoms with Crippen LogP contribution in [0.1, 0.15) is 400 Å². The van der Waals surface area contributed by atoms with E-state index in [0.29, 0.717) is 19.3 Å². The largest absolute Gasteiger partial charge is 0.462 e. The molecular weight excluding hydrogens is 937 g/mol. The first-order chi connectivity index (χ1) is 37.5. The first-order valence-corrected chi connectivity index (χ1v) is 34.7. The van der Waals surface area contributed by atoms with Crippen molar-refractivity contribution in [1.29, 1.82) is 0 Å². The molecule has 6 nitrogen and oxygen atoms in total. The lowest BCUT2D eigenvalue weighted by Gasteiger charge is -2.18. The number of esters is 3. The molecule has 0 aliphatic rings. The minimum atomic E-state index is -0.769. The van der Waals surface area contributed by atoms with Crippen LogP contribution in [0.5, 0.6) is 0 Å². The van der Waals surface area contributed by atoms with Crippen LogP contribution in [0.2, 0.25) is 0 Å². The van der Waals surface area contributed by atoms with E-state index >= 15 is 0 Å². The molecule has 0 N–H and O–H groups in total. The second kappa shape index (κ2) is 65.7. The number of hydrogen-bond donors (Lipinski definition) is 0. The van der Waals surface area contributed by atoms with Gasteiger partial charge in [0.15, 0.2) is 6.10 Å². The van der Waals surface area contributed by atoms with Crippen LogP contribution in [0, 0.1) is 0 Å². The average molecular weight is 1070 g/mol. The SMILES string of the molecule is CCCCCC/C=C\CCCCCCCC(=O)OC(COC(=O)CCCCCCCCCCCCCC)COC(=O)CCCCCCCCCCCCCCCCCCCCCCCCCCCCCCCCCCC. The smallest absolute Gasteiger partial charge is 0.306 e. The molecule has 0 aromatic carbocycles. The fourth-order valence-electron chi connectivity index (χ4n) is 10.8. The van der Waals surface area contributed by atoms with Gasteiger partial charge in [-0.25, -0.2) is 0 Å². The molecule has 0 aromatic rings. The summed E-state index contributed by atoms with van der Waals surface area (Å²) in [6, 6.07) is 0. The van der Waals surface area contributed by atoms with Crippen LogP contribution in [0.15, 0.2) is 12.2 Å². The van der Waals surface area contributed by atoms with E-state index in [0.717, 1.165) is 64.2 Å². The second-order valence-corrected chi connectivity index (χ2v) is 23.8. The van der Waals surface area contributed by atoms with Crippen LogP contribution < -0.4 is 0 Å². The summed E-state index contributed by atoms with van der Waals surface area (Å²) in [5, 5.41) is 0. The Morgan fingerprint density at radius 1 is 0.250 bits per heavy atom. The molecular formula is C70H134O6. The molecule has 0 amide bonds. The Bertz CT molecular complexity index is 1180. The van der Waals surface area contributed by atoms with Crippen molar-refractivity contribution in [1.82, 2.24) is 0 Å². The Morgan fingerprint density at radius 2 is 0.434 bits per heavy atom. The fourth-order valence-corrected chi connectivity index (χ4v) is 10.8. The van der Waals surface area contributed by atoms with Crippen molar-refractivity contribution in [3.05, 3.63) is 12.2 Å². The van der Waals surface area contributed by atoms with Crippen molar-refractivity contribution >= 4 is 17.9 Å². The minimum absolute atomic E-state index is 0.0672. The summed E-state index contributed by atoms with van der Waals surface area (Å²) in [5.41, 5.74) is 0. The van der Waals surface area contributed by atoms with Gasteiger partial charge in [-0.05, 0) is 44.9 Å². The maximum atomic E-state index is 12.9. The highest BCUT2D eigenvalue weighted by Crippen LogP contribution is 2.19. The lowest BCUT2D eigenvalue weighted by Crippen LogP contribution is -2.30. The summed E-state index contributed by atoms with van der Waals surface area (Å²) in [6.45, 7) is 6.68. The molecule has 0 radical (unpaired) electrons. The molecule has 1 unspecified atom stereocenters. The lowest BCUT2D eigenvalue weighted by molar-refractivity contribution is -0.167. The molecule has 0 spiro atoms. The van der Waals surface area contributed by atoms with E-state index in [9.17, 15) is 14.4 Å². The number of unbranched alkanes of at least 4 members (excludes halogenated alkanes) is 52. The van der Waals surface area contributed by atoms with Gasteiger partial charge >= 0.3 is 17.9 Å². The summed E-state index contributed by atoms with van der Waals surface area (Å²) in [7, 11) is 0. The van der Waals surface area contributed by atoms with E-state index in [-0.39, 0.29) is 31.1 Å². The van der Waals surface area contributed by atoms with Gasteiger partial charge in [0, 0.05) is 19.3 Å². The Labute approximate surface area is 475 Å². The summed E-state index contributed by atoms with van der Waals surface area (Å²) < 4.78 is 16.9. The zero-order valence-electron chi connectivity index (χ0n) is 51.8. The van der Waals surface area contributed by atoms with Crippen molar-refractivity contribution in [3.8, 4) is 0 Å². The standard InChI is InChI=1S/C70H134O6/c1-4-7-10-13-16-19-22-25-26-27-28-29-30-31-32-33-34-35-36-37-38-39-40-41-42-43-44-46-48-51-54-57-60-63-69(72)75-66-67(65-74-68(71)62-59-56-53-50-47-24-21-18-15-12-9-6-3)76-70(73)64-61-58-55-52-49-45-23-20-17-14-11-8-5-2/h20,23,67H,4-19,21-22,24-66H2,1-3H3/b23-20-. The number of carbonyl (C=O) groups is 3. The first-order valence-electron chi connectivity index (χ1n) is 34.7. The summed E-state index contributed by atoms with van der Waals surface area (Å²) in [4.78, 5) is 38.2. The van der Waals surface area contributed by atoms with E-state index in [1.165, 1.54) is 295 Å². The van der Waals surface area contributed by atoms with Crippen LogP contribution in [0.4, 0.5) is 0 Å². The van der Waals surface area contributed by atoms with Crippen molar-refractivity contribution in [2.45, 2.75) is 406 Å². The molecule has 6 heteroatoms. The molecule has 76 heavy (non-hydrogen) atoms. The molecule has 0 rings (SSSR count). The van der Waals surface area contributed by atoms with Gasteiger partial charge in [-0.3, -0.25) is 14.4 Å². The number of ether oxygens (including phenoxy) is 3. The van der Waals surface area contributed by atoms with Gasteiger partial charge in [0.1, 0.15) is 13.2 Å². The number of rotatable bonds is 65. The fraction of sp³-hybridized carbons (Fsp3) is 0.929. The molecule has 0 bridgehead atoms. The highest BCUT2D eigenvalue weighted by molar-refractivity contribution is 5.71. The van der Waals surface area contributed by atoms with E-state index in [1.807, 2.05) is 0 Å². The third kappa shape index (κ3) is 63.0. The average Bonchev–Trinajstić information content (AvgIpc) is 3.42. The summed E-state index contributed by atoms with van der Waals surface area (Å²) in [5.74, 6) is -0.848. The maximum absolute atomic E-state index is 12.9. The molecule has 0 aliphatic heterocycles. The number of carbonyl (C=O) groups excluding carboxylic acids is 3. The quantitative estimate of drug-likeness (QED) is 0.0261. The highest BCUT2D eigenvalue weighted by atomic mass is 16.6. The molecule has 0 saturated carbocycles. The molecule has 0 fully saturated rings. The second-order valence-electron chi connectivity index (χ2n) is 23.8. The first kappa shape index (κ1) is 74.2. The molecule has 1 atom stereocenters. The Kier molecular flexibility index (Phi) is 64.1.